The van der Waals surface area contributed by atoms with Crippen LogP contribution in [0.3, 0.4) is 0 Å². The number of hydrogen-bond donors (Lipinski definition) is 3. The predicted octanol–water partition coefficient (Wildman–Crippen LogP) is -0.0102. The average molecular weight is 308 g/mol. The van der Waals surface area contributed by atoms with Crippen LogP contribution >= 0.6 is 0 Å². The van der Waals surface area contributed by atoms with Crippen molar-refractivity contribution in [3.05, 3.63) is 29.3 Å². The number of rotatable bonds is 5. The maximum absolute atomic E-state index is 13.6. The normalized spacial score (nSPS) is 12.8. The lowest BCUT2D eigenvalue weighted by molar-refractivity contribution is -0.142. The van der Waals surface area contributed by atoms with Crippen LogP contribution < -0.4 is 10.5 Å². The molecule has 1 atom stereocenters. The lowest BCUT2D eigenvalue weighted by atomic mass is 9.98. The van der Waals surface area contributed by atoms with E-state index < -0.39 is 50.7 Å². The van der Waals surface area contributed by atoms with Gasteiger partial charge in [-0.25, -0.2) is 17.2 Å². The van der Waals surface area contributed by atoms with Gasteiger partial charge in [-0.2, -0.15) is 0 Å². The molecule has 0 saturated carbocycles. The highest BCUT2D eigenvalue weighted by Crippen LogP contribution is 2.26. The third-order valence-corrected chi connectivity index (χ3v) is 2.79. The van der Waals surface area contributed by atoms with Gasteiger partial charge in [-0.1, -0.05) is 0 Å². The first-order chi connectivity index (χ1) is 9.03. The highest BCUT2D eigenvalue weighted by atomic mass is 32.2. The summed E-state index contributed by atoms with van der Waals surface area (Å²) in [6.45, 7) is 0. The van der Waals surface area contributed by atoms with Crippen molar-refractivity contribution in [3.8, 4) is 0 Å². The fraction of sp³-hybridized carbons (Fsp3) is 0.200. The molecule has 1 unspecified atom stereocenters. The van der Waals surface area contributed by atoms with Crippen LogP contribution in [-0.2, 0) is 19.6 Å². The highest BCUT2D eigenvalue weighted by molar-refractivity contribution is 7.92. The van der Waals surface area contributed by atoms with Crippen LogP contribution in [0.25, 0.3) is 0 Å². The smallest absolute Gasteiger partial charge is 0.320 e. The lowest BCUT2D eigenvalue weighted by Gasteiger charge is -2.12. The Morgan fingerprint density at radius 2 is 1.75 bits per heavy atom. The Bertz CT molecular complexity index is 637. The van der Waals surface area contributed by atoms with Crippen molar-refractivity contribution in [2.45, 2.75) is 5.92 Å². The van der Waals surface area contributed by atoms with Gasteiger partial charge in [0.1, 0.15) is 5.69 Å². The van der Waals surface area contributed by atoms with Gasteiger partial charge in [-0.3, -0.25) is 14.3 Å². The molecule has 0 aromatic heterocycles. The van der Waals surface area contributed by atoms with Gasteiger partial charge in [0.25, 0.3) is 0 Å². The van der Waals surface area contributed by atoms with E-state index in [9.17, 15) is 26.8 Å². The largest absolute Gasteiger partial charge is 0.480 e. The maximum atomic E-state index is 13.6. The van der Waals surface area contributed by atoms with Crippen molar-refractivity contribution in [1.29, 1.82) is 0 Å². The number of halogens is 2. The number of carboxylic acids is 1. The summed E-state index contributed by atoms with van der Waals surface area (Å²) in [6, 6.07) is 1.06. The number of carboxylic acid groups (broad SMARTS) is 1. The lowest BCUT2D eigenvalue weighted by Crippen LogP contribution is -2.28. The molecule has 0 saturated heterocycles. The first kappa shape index (κ1) is 15.8. The van der Waals surface area contributed by atoms with Crippen LogP contribution in [0.4, 0.5) is 14.5 Å². The Labute approximate surface area is 112 Å². The van der Waals surface area contributed by atoms with Crippen molar-refractivity contribution in [2.24, 2.45) is 5.73 Å². The zero-order valence-electron chi connectivity index (χ0n) is 10.1. The third-order valence-electron chi connectivity index (χ3n) is 2.22. The molecule has 0 fully saturated rings. The van der Waals surface area contributed by atoms with E-state index in [2.05, 4.69) is 0 Å². The first-order valence-electron chi connectivity index (χ1n) is 5.01. The summed E-state index contributed by atoms with van der Waals surface area (Å²) in [5.74, 6) is -7.65. The summed E-state index contributed by atoms with van der Waals surface area (Å²) in [5.41, 5.74) is 3.34. The summed E-state index contributed by atoms with van der Waals surface area (Å²) in [6.07, 6.45) is 0.684. The number of aliphatic carboxylic acids is 1. The van der Waals surface area contributed by atoms with Crippen molar-refractivity contribution >= 4 is 27.6 Å². The third kappa shape index (κ3) is 3.63. The van der Waals surface area contributed by atoms with Crippen molar-refractivity contribution in [1.82, 2.24) is 0 Å². The van der Waals surface area contributed by atoms with Crippen LogP contribution in [-0.4, -0.2) is 31.7 Å². The minimum atomic E-state index is -3.93. The van der Waals surface area contributed by atoms with Gasteiger partial charge in [-0.05, 0) is 17.7 Å². The van der Waals surface area contributed by atoms with Crippen LogP contribution in [0.1, 0.15) is 11.5 Å². The number of anilines is 1. The molecule has 1 amide bonds. The molecule has 110 valence electrons. The molecule has 10 heteroatoms. The molecule has 0 spiro atoms. The number of nitrogens with two attached hydrogens (primary N) is 1. The number of carbonyl (C=O) groups excluding carboxylic acids is 1. The minimum Gasteiger partial charge on any atom is -0.480 e. The standard InChI is InChI=1S/C10H10F2N2O5S/c1-20(18,19)14-8-5(11)2-4(3-6(8)12)7(9(13)15)10(16)17/h2-3,7,14H,1H3,(H2,13,15)(H,16,17). The van der Waals surface area contributed by atoms with Crippen LogP contribution in [0, 0.1) is 11.6 Å². The summed E-state index contributed by atoms with van der Waals surface area (Å²) >= 11 is 0. The van der Waals surface area contributed by atoms with Crippen molar-refractivity contribution in [3.63, 3.8) is 0 Å². The van der Waals surface area contributed by atoms with Gasteiger partial charge in [-0.15, -0.1) is 0 Å². The second-order valence-electron chi connectivity index (χ2n) is 3.91. The Kier molecular flexibility index (Phi) is 4.28. The van der Waals surface area contributed by atoms with E-state index in [0.717, 1.165) is 0 Å². The molecule has 0 aliphatic carbocycles. The topological polar surface area (TPSA) is 127 Å². The Balaban J connectivity index is 3.36. The van der Waals surface area contributed by atoms with E-state index in [1.807, 2.05) is 0 Å². The van der Waals surface area contributed by atoms with Crippen molar-refractivity contribution in [2.75, 3.05) is 11.0 Å². The monoisotopic (exact) mass is 308 g/mol. The molecular weight excluding hydrogens is 298 g/mol. The average Bonchev–Trinajstić information content (AvgIpc) is 2.21. The van der Waals surface area contributed by atoms with Gasteiger partial charge in [0.15, 0.2) is 17.6 Å². The summed E-state index contributed by atoms with van der Waals surface area (Å²) in [4.78, 5) is 21.8. The van der Waals surface area contributed by atoms with Gasteiger partial charge in [0.2, 0.25) is 15.9 Å². The quantitative estimate of drug-likeness (QED) is 0.659. The molecular formula is C10H10F2N2O5S. The van der Waals surface area contributed by atoms with Gasteiger partial charge in [0, 0.05) is 0 Å². The van der Waals surface area contributed by atoms with Crippen molar-refractivity contribution < 1.29 is 31.9 Å². The molecule has 1 rings (SSSR count). The molecule has 0 bridgehead atoms. The first-order valence-corrected chi connectivity index (χ1v) is 6.91. The maximum Gasteiger partial charge on any atom is 0.320 e. The number of nitrogens with one attached hydrogen (secondary N) is 1. The minimum absolute atomic E-state index is 0.528. The fourth-order valence-electron chi connectivity index (χ4n) is 1.47. The van der Waals surface area contributed by atoms with Gasteiger partial charge in [0.05, 0.1) is 6.26 Å². The van der Waals surface area contributed by atoms with E-state index in [1.165, 1.54) is 0 Å². The van der Waals surface area contributed by atoms with Crippen LogP contribution in [0.5, 0.6) is 0 Å². The summed E-state index contributed by atoms with van der Waals surface area (Å²) in [5, 5.41) is 8.78. The second-order valence-corrected chi connectivity index (χ2v) is 5.66. The van der Waals surface area contributed by atoms with Crippen LogP contribution in [0.15, 0.2) is 12.1 Å². The molecule has 20 heavy (non-hydrogen) atoms. The zero-order chi connectivity index (χ0) is 15.7. The zero-order valence-corrected chi connectivity index (χ0v) is 10.9. The molecule has 0 radical (unpaired) electrons. The van der Waals surface area contributed by atoms with E-state index in [0.29, 0.717) is 18.4 Å². The summed E-state index contributed by atoms with van der Waals surface area (Å²) in [7, 11) is -3.93. The van der Waals surface area contributed by atoms with Crippen LogP contribution in [0.2, 0.25) is 0 Å². The Hall–Kier alpha value is -2.23. The number of primary amides is 1. The van der Waals surface area contributed by atoms with E-state index >= 15 is 0 Å². The van der Waals surface area contributed by atoms with E-state index in [4.69, 9.17) is 10.8 Å². The molecule has 0 aliphatic heterocycles. The predicted molar refractivity (Wildman–Crippen MR) is 64.4 cm³/mol. The van der Waals surface area contributed by atoms with E-state index in [1.54, 1.807) is 4.72 Å². The molecule has 4 N–H and O–H groups in total. The number of hydrogen-bond acceptors (Lipinski definition) is 4. The Morgan fingerprint density at radius 3 is 2.05 bits per heavy atom. The van der Waals surface area contributed by atoms with Gasteiger partial charge < -0.3 is 10.8 Å². The SMILES string of the molecule is CS(=O)(=O)Nc1c(F)cc(C(C(N)=O)C(=O)O)cc1F. The molecule has 0 heterocycles. The Morgan fingerprint density at radius 1 is 1.30 bits per heavy atom. The second kappa shape index (κ2) is 5.41. The van der Waals surface area contributed by atoms with E-state index in [-0.39, 0.29) is 0 Å². The number of carbonyl (C=O) groups is 2. The fourth-order valence-corrected chi connectivity index (χ4v) is 2.04. The van der Waals surface area contributed by atoms with Gasteiger partial charge >= 0.3 is 5.97 Å². The highest BCUT2D eigenvalue weighted by Gasteiger charge is 2.28. The molecule has 1 aromatic rings. The number of amides is 1. The molecule has 0 aliphatic rings. The number of sulfonamides is 1. The molecule has 7 nitrogen and oxygen atoms in total. The summed E-state index contributed by atoms with van der Waals surface area (Å²) < 4.78 is 50.7. The molecule has 1 aromatic carbocycles. The number of benzene rings is 1.